The topological polar surface area (TPSA) is 59.0 Å². The average Bonchev–Trinajstić information content (AvgIpc) is 2.69. The molecule has 0 atom stereocenters. The van der Waals surface area contributed by atoms with Crippen LogP contribution >= 0.6 is 0 Å². The summed E-state index contributed by atoms with van der Waals surface area (Å²) in [6, 6.07) is 18.0. The molecule has 0 amide bonds. The number of carboxylic acid groups (broad SMARTS) is 1. The van der Waals surface area contributed by atoms with Crippen LogP contribution in [-0.2, 0) is 21.7 Å². The summed E-state index contributed by atoms with van der Waals surface area (Å²) in [7, 11) is 1.79. The standard InChI is InChI=1S/C21H25NO4/c1-25-21(18-8-3-2-4-9-18)11-13-22(14-12-21)15-17-7-5-6-10-19(17)26-16-20(23)24/h2-10H,11-16H2,1H3,(H,23,24). The van der Waals surface area contributed by atoms with Gasteiger partial charge in [0.25, 0.3) is 0 Å². The Labute approximate surface area is 154 Å². The summed E-state index contributed by atoms with van der Waals surface area (Å²) in [6.07, 6.45) is 1.84. The first kappa shape index (κ1) is 18.4. The fourth-order valence-corrected chi connectivity index (χ4v) is 3.58. The van der Waals surface area contributed by atoms with Gasteiger partial charge in [-0.05, 0) is 24.5 Å². The van der Waals surface area contributed by atoms with Crippen LogP contribution < -0.4 is 4.74 Å². The Morgan fingerprint density at radius 2 is 1.73 bits per heavy atom. The van der Waals surface area contributed by atoms with Crippen molar-refractivity contribution in [2.24, 2.45) is 0 Å². The van der Waals surface area contributed by atoms with E-state index in [2.05, 4.69) is 29.2 Å². The Morgan fingerprint density at radius 1 is 1.08 bits per heavy atom. The minimum atomic E-state index is -0.967. The molecule has 3 rings (SSSR count). The highest BCUT2D eigenvalue weighted by molar-refractivity contribution is 5.68. The van der Waals surface area contributed by atoms with Crippen molar-refractivity contribution in [3.63, 3.8) is 0 Å². The zero-order valence-corrected chi connectivity index (χ0v) is 15.1. The second-order valence-electron chi connectivity index (χ2n) is 6.63. The lowest BCUT2D eigenvalue weighted by Crippen LogP contribution is -2.43. The first-order valence-electron chi connectivity index (χ1n) is 8.88. The van der Waals surface area contributed by atoms with E-state index in [1.165, 1.54) is 5.56 Å². The van der Waals surface area contributed by atoms with Gasteiger partial charge >= 0.3 is 5.97 Å². The lowest BCUT2D eigenvalue weighted by molar-refractivity contribution is -0.139. The van der Waals surface area contributed by atoms with E-state index in [-0.39, 0.29) is 12.2 Å². The van der Waals surface area contributed by atoms with Crippen molar-refractivity contribution in [3.8, 4) is 5.75 Å². The van der Waals surface area contributed by atoms with Crippen molar-refractivity contribution in [1.82, 2.24) is 4.90 Å². The summed E-state index contributed by atoms with van der Waals surface area (Å²) in [5.41, 5.74) is 2.02. The van der Waals surface area contributed by atoms with Crippen molar-refractivity contribution in [2.75, 3.05) is 26.8 Å². The van der Waals surface area contributed by atoms with Crippen LogP contribution in [0.15, 0.2) is 54.6 Å². The maximum absolute atomic E-state index is 10.8. The predicted octanol–water partition coefficient (Wildman–Crippen LogP) is 3.29. The summed E-state index contributed by atoms with van der Waals surface area (Å²) >= 11 is 0. The van der Waals surface area contributed by atoms with E-state index in [9.17, 15) is 4.79 Å². The lowest BCUT2D eigenvalue weighted by Gasteiger charge is -2.41. The number of para-hydroxylation sites is 1. The predicted molar refractivity (Wildman–Crippen MR) is 99.2 cm³/mol. The maximum atomic E-state index is 10.8. The van der Waals surface area contributed by atoms with Crippen LogP contribution in [0, 0.1) is 0 Å². The number of carboxylic acids is 1. The molecule has 26 heavy (non-hydrogen) atoms. The highest BCUT2D eigenvalue weighted by atomic mass is 16.5. The zero-order valence-electron chi connectivity index (χ0n) is 15.1. The second kappa shape index (κ2) is 8.34. The fourth-order valence-electron chi connectivity index (χ4n) is 3.58. The van der Waals surface area contributed by atoms with Crippen molar-refractivity contribution >= 4 is 5.97 Å². The lowest BCUT2D eigenvalue weighted by atomic mass is 9.84. The molecule has 1 heterocycles. The quantitative estimate of drug-likeness (QED) is 0.826. The number of aliphatic carboxylic acids is 1. The summed E-state index contributed by atoms with van der Waals surface area (Å²) in [6.45, 7) is 2.24. The van der Waals surface area contributed by atoms with Gasteiger partial charge in [0.1, 0.15) is 5.75 Å². The van der Waals surface area contributed by atoms with E-state index in [0.717, 1.165) is 38.0 Å². The van der Waals surface area contributed by atoms with Gasteiger partial charge in [-0.15, -0.1) is 0 Å². The average molecular weight is 355 g/mol. The number of hydrogen-bond donors (Lipinski definition) is 1. The molecule has 1 aliphatic rings. The Balaban J connectivity index is 1.65. The molecule has 0 radical (unpaired) electrons. The smallest absolute Gasteiger partial charge is 0.341 e. The Hall–Kier alpha value is -2.37. The molecule has 1 aliphatic heterocycles. The fraction of sp³-hybridized carbons (Fsp3) is 0.381. The number of hydrogen-bond acceptors (Lipinski definition) is 4. The Morgan fingerprint density at radius 3 is 2.38 bits per heavy atom. The first-order valence-corrected chi connectivity index (χ1v) is 8.88. The van der Waals surface area contributed by atoms with E-state index in [4.69, 9.17) is 14.6 Å². The molecule has 0 aromatic heterocycles. The molecule has 1 saturated heterocycles. The number of benzene rings is 2. The minimum Gasteiger partial charge on any atom is -0.482 e. The third-order valence-electron chi connectivity index (χ3n) is 5.07. The molecule has 0 aliphatic carbocycles. The van der Waals surface area contributed by atoms with Crippen LogP contribution in [0.25, 0.3) is 0 Å². The molecule has 2 aromatic carbocycles. The van der Waals surface area contributed by atoms with Crippen LogP contribution in [0.1, 0.15) is 24.0 Å². The van der Waals surface area contributed by atoms with Crippen molar-refractivity contribution in [3.05, 3.63) is 65.7 Å². The first-order chi connectivity index (χ1) is 12.6. The van der Waals surface area contributed by atoms with Crippen LogP contribution in [0.5, 0.6) is 5.75 Å². The minimum absolute atomic E-state index is 0.225. The zero-order chi connectivity index (χ0) is 18.4. The summed E-state index contributed by atoms with van der Waals surface area (Å²) in [5, 5.41) is 8.83. The van der Waals surface area contributed by atoms with Gasteiger partial charge in [0, 0.05) is 32.3 Å². The number of ether oxygens (including phenoxy) is 2. The SMILES string of the molecule is COC1(c2ccccc2)CCN(Cc2ccccc2OCC(=O)O)CC1. The molecule has 0 saturated carbocycles. The molecule has 0 spiro atoms. The molecule has 1 N–H and O–H groups in total. The number of piperidine rings is 1. The summed E-state index contributed by atoms with van der Waals surface area (Å²) in [5.74, 6) is -0.327. The highest BCUT2D eigenvalue weighted by Crippen LogP contribution is 2.36. The molecule has 2 aromatic rings. The van der Waals surface area contributed by atoms with Gasteiger partial charge in [-0.2, -0.15) is 0 Å². The molecular weight excluding hydrogens is 330 g/mol. The van der Waals surface area contributed by atoms with E-state index in [1.54, 1.807) is 7.11 Å². The molecule has 138 valence electrons. The van der Waals surface area contributed by atoms with Gasteiger partial charge in [-0.1, -0.05) is 48.5 Å². The number of likely N-dealkylation sites (tertiary alicyclic amines) is 1. The number of methoxy groups -OCH3 is 1. The van der Waals surface area contributed by atoms with Gasteiger partial charge in [0.05, 0.1) is 5.60 Å². The van der Waals surface area contributed by atoms with E-state index in [0.29, 0.717) is 5.75 Å². The normalized spacial score (nSPS) is 17.0. The van der Waals surface area contributed by atoms with Gasteiger partial charge in [0.15, 0.2) is 6.61 Å². The van der Waals surface area contributed by atoms with Gasteiger partial charge in [-0.3, -0.25) is 4.90 Å². The third kappa shape index (κ3) is 4.23. The molecular formula is C21H25NO4. The van der Waals surface area contributed by atoms with Gasteiger partial charge in [0.2, 0.25) is 0 Å². The Bertz CT molecular complexity index is 724. The van der Waals surface area contributed by atoms with Crippen molar-refractivity contribution in [1.29, 1.82) is 0 Å². The molecule has 1 fully saturated rings. The number of nitrogens with zero attached hydrogens (tertiary/aromatic N) is 1. The number of rotatable bonds is 7. The van der Waals surface area contributed by atoms with Crippen LogP contribution in [-0.4, -0.2) is 42.8 Å². The van der Waals surface area contributed by atoms with Crippen LogP contribution in [0.3, 0.4) is 0 Å². The molecule has 5 heteroatoms. The van der Waals surface area contributed by atoms with E-state index in [1.807, 2.05) is 30.3 Å². The van der Waals surface area contributed by atoms with Crippen molar-refractivity contribution in [2.45, 2.75) is 25.0 Å². The number of carbonyl (C=O) groups is 1. The van der Waals surface area contributed by atoms with Crippen LogP contribution in [0.2, 0.25) is 0 Å². The summed E-state index contributed by atoms with van der Waals surface area (Å²) in [4.78, 5) is 13.1. The third-order valence-corrected chi connectivity index (χ3v) is 5.07. The van der Waals surface area contributed by atoms with Crippen molar-refractivity contribution < 1.29 is 19.4 Å². The monoisotopic (exact) mass is 355 g/mol. The van der Waals surface area contributed by atoms with Crippen LogP contribution in [0.4, 0.5) is 0 Å². The molecule has 0 bridgehead atoms. The Kier molecular flexibility index (Phi) is 5.91. The largest absolute Gasteiger partial charge is 0.482 e. The molecule has 5 nitrogen and oxygen atoms in total. The van der Waals surface area contributed by atoms with E-state index < -0.39 is 5.97 Å². The highest BCUT2D eigenvalue weighted by Gasteiger charge is 2.36. The summed E-state index contributed by atoms with van der Waals surface area (Å²) < 4.78 is 11.4. The van der Waals surface area contributed by atoms with E-state index >= 15 is 0 Å². The van der Waals surface area contributed by atoms with Gasteiger partial charge < -0.3 is 14.6 Å². The maximum Gasteiger partial charge on any atom is 0.341 e. The second-order valence-corrected chi connectivity index (χ2v) is 6.63. The molecule has 0 unspecified atom stereocenters. The van der Waals surface area contributed by atoms with Gasteiger partial charge in [-0.25, -0.2) is 4.79 Å².